The molecule has 7 rings (SSSR count). The second-order valence-electron chi connectivity index (χ2n) is 12.7. The molecule has 230 valence electrons. The van der Waals surface area contributed by atoms with E-state index in [4.69, 9.17) is 11.3 Å². The molecule has 0 N–H and O–H groups in total. The molecule has 8 nitrogen and oxygen atoms in total. The van der Waals surface area contributed by atoms with E-state index in [1.807, 2.05) is 30.1 Å². The first kappa shape index (κ1) is 29.2. The van der Waals surface area contributed by atoms with Crippen molar-refractivity contribution < 1.29 is 18.3 Å². The van der Waals surface area contributed by atoms with E-state index in [2.05, 4.69) is 33.4 Å². The van der Waals surface area contributed by atoms with Gasteiger partial charge in [-0.2, -0.15) is 5.26 Å². The van der Waals surface area contributed by atoms with Crippen molar-refractivity contribution in [3.05, 3.63) is 76.7 Å². The van der Waals surface area contributed by atoms with Gasteiger partial charge in [-0.1, -0.05) is 30.8 Å². The summed E-state index contributed by atoms with van der Waals surface area (Å²) < 4.78 is 36.9. The highest BCUT2D eigenvalue weighted by molar-refractivity contribution is 5.99. The second-order valence-corrected chi connectivity index (χ2v) is 12.7. The Morgan fingerprint density at radius 1 is 1.22 bits per heavy atom. The van der Waals surface area contributed by atoms with Gasteiger partial charge >= 0.3 is 0 Å². The molecule has 1 amide bonds. The quantitative estimate of drug-likeness (QED) is 0.262. The lowest BCUT2D eigenvalue weighted by Gasteiger charge is -2.40. The lowest BCUT2D eigenvalue weighted by Crippen LogP contribution is -2.56. The number of hydrogen-bond acceptors (Lipinski definition) is 6. The van der Waals surface area contributed by atoms with Crippen LogP contribution >= 0.6 is 0 Å². The number of rotatable bonds is 7. The summed E-state index contributed by atoms with van der Waals surface area (Å²) in [6.45, 7) is 12.3. The lowest BCUT2D eigenvalue weighted by molar-refractivity contribution is -0.131. The number of carbonyl (C=O) groups excluding carboxylic acids is 1. The van der Waals surface area contributed by atoms with Crippen LogP contribution in [0.1, 0.15) is 41.9 Å². The molecule has 2 saturated heterocycles. The fourth-order valence-electron chi connectivity index (χ4n) is 7.68. The molecule has 45 heavy (non-hydrogen) atoms. The number of pyridine rings is 1. The first-order chi connectivity index (χ1) is 21.8. The summed E-state index contributed by atoms with van der Waals surface area (Å²) in [4.78, 5) is 26.1. The van der Waals surface area contributed by atoms with Gasteiger partial charge in [-0.15, -0.1) is 0 Å². The van der Waals surface area contributed by atoms with Crippen molar-refractivity contribution in [3.8, 4) is 23.1 Å². The van der Waals surface area contributed by atoms with E-state index in [0.29, 0.717) is 35.1 Å². The number of aromatic nitrogens is 1. The number of nitriles is 1. The molecule has 2 aromatic carbocycles. The average Bonchev–Trinajstić information content (AvgIpc) is 3.51. The number of fused-ring (bicyclic) bond motifs is 4. The predicted octanol–water partition coefficient (Wildman–Crippen LogP) is 5.46. The summed E-state index contributed by atoms with van der Waals surface area (Å²) in [5.74, 6) is -1.23. The van der Waals surface area contributed by atoms with Crippen LogP contribution in [0.3, 0.4) is 0 Å². The highest BCUT2D eigenvalue weighted by atomic mass is 19.1. The molecule has 1 aromatic heterocycles. The topological polar surface area (TPSA) is 77.1 Å². The fourth-order valence-corrected chi connectivity index (χ4v) is 7.68. The zero-order valence-electron chi connectivity index (χ0n) is 25.2. The first-order valence-corrected chi connectivity index (χ1v) is 15.6. The van der Waals surface area contributed by atoms with Crippen LogP contribution in [0.5, 0.6) is 5.88 Å². The van der Waals surface area contributed by atoms with Gasteiger partial charge in [0, 0.05) is 36.6 Å². The third-order valence-corrected chi connectivity index (χ3v) is 10.1. The van der Waals surface area contributed by atoms with Crippen LogP contribution in [0.4, 0.5) is 14.5 Å². The minimum absolute atomic E-state index is 0.0580. The number of ether oxygens (including phenoxy) is 1. The van der Waals surface area contributed by atoms with Crippen molar-refractivity contribution >= 4 is 22.5 Å². The second kappa shape index (κ2) is 11.4. The van der Waals surface area contributed by atoms with Gasteiger partial charge < -0.3 is 24.3 Å². The Bertz CT molecular complexity index is 1810. The summed E-state index contributed by atoms with van der Waals surface area (Å²) in [7, 11) is 2.03. The summed E-state index contributed by atoms with van der Waals surface area (Å²) >= 11 is 0. The zero-order chi connectivity index (χ0) is 31.4. The monoisotopic (exact) mass is 608 g/mol. The molecule has 3 aromatic rings. The number of likely N-dealkylation sites (N-methyl/N-ethyl adjacent to an activating group) is 1. The molecule has 0 bridgehead atoms. The molecule has 2 aliphatic carbocycles. The van der Waals surface area contributed by atoms with Crippen LogP contribution in [0.2, 0.25) is 0 Å². The van der Waals surface area contributed by atoms with Crippen LogP contribution in [0, 0.1) is 29.6 Å². The molecular weight excluding hydrogens is 574 g/mol. The number of likely N-dealkylation sites (tertiary alicyclic amines) is 1. The van der Waals surface area contributed by atoms with Gasteiger partial charge in [-0.3, -0.25) is 4.79 Å². The van der Waals surface area contributed by atoms with Gasteiger partial charge in [-0.05, 0) is 73.9 Å². The number of halogens is 2. The molecule has 2 aliphatic heterocycles. The van der Waals surface area contributed by atoms with E-state index in [-0.39, 0.29) is 49.2 Å². The Hall–Kier alpha value is -4.54. The Labute approximate surface area is 261 Å². The highest BCUT2D eigenvalue weighted by Crippen LogP contribution is 2.59. The fraction of sp³-hybridized carbons (Fsp3) is 0.429. The first-order valence-electron chi connectivity index (χ1n) is 15.6. The molecule has 1 saturated carbocycles. The third-order valence-electron chi connectivity index (χ3n) is 10.1. The maximum Gasteiger partial charge on any atom is 0.282 e. The van der Waals surface area contributed by atoms with Crippen molar-refractivity contribution in [2.75, 3.05) is 51.3 Å². The van der Waals surface area contributed by atoms with Gasteiger partial charge in [0.25, 0.3) is 5.91 Å². The van der Waals surface area contributed by atoms with E-state index >= 15 is 4.39 Å². The Morgan fingerprint density at radius 3 is 2.80 bits per heavy atom. The number of hydrogen-bond donors (Lipinski definition) is 0. The van der Waals surface area contributed by atoms with Gasteiger partial charge in [0.2, 0.25) is 12.4 Å². The van der Waals surface area contributed by atoms with Gasteiger partial charge in [0.1, 0.15) is 29.8 Å². The zero-order valence-corrected chi connectivity index (χ0v) is 25.2. The maximum absolute atomic E-state index is 16.8. The number of amides is 1. The van der Waals surface area contributed by atoms with Crippen LogP contribution in [-0.4, -0.2) is 79.2 Å². The molecule has 0 spiro atoms. The Morgan fingerprint density at radius 2 is 2.07 bits per heavy atom. The summed E-state index contributed by atoms with van der Waals surface area (Å²) in [6, 6.07) is 11.5. The van der Waals surface area contributed by atoms with Crippen LogP contribution < -0.4 is 9.64 Å². The van der Waals surface area contributed by atoms with Crippen molar-refractivity contribution in [2.45, 2.75) is 43.7 Å². The number of piperazine rings is 1. The van der Waals surface area contributed by atoms with Crippen LogP contribution in [-0.2, 0) is 11.2 Å². The molecule has 3 fully saturated rings. The van der Waals surface area contributed by atoms with E-state index in [0.717, 1.165) is 37.8 Å². The Balaban J connectivity index is 1.35. The molecule has 0 radical (unpaired) electrons. The molecule has 4 aliphatic rings. The largest absolute Gasteiger partial charge is 0.475 e. The lowest BCUT2D eigenvalue weighted by atomic mass is 9.92. The smallest absolute Gasteiger partial charge is 0.282 e. The summed E-state index contributed by atoms with van der Waals surface area (Å²) in [5.41, 5.74) is 4.59. The van der Waals surface area contributed by atoms with E-state index in [1.54, 1.807) is 6.07 Å². The van der Waals surface area contributed by atoms with Gasteiger partial charge in [-0.25, -0.2) is 20.3 Å². The summed E-state index contributed by atoms with van der Waals surface area (Å²) in [5, 5.41) is 10.9. The van der Waals surface area contributed by atoms with Crippen LogP contribution in [0.25, 0.3) is 26.9 Å². The number of carbonyl (C=O) groups is 1. The minimum Gasteiger partial charge on any atom is -0.475 e. The minimum atomic E-state index is -1.09. The van der Waals surface area contributed by atoms with Crippen molar-refractivity contribution in [2.24, 2.45) is 5.92 Å². The van der Waals surface area contributed by atoms with Gasteiger partial charge in [0.15, 0.2) is 11.6 Å². The third kappa shape index (κ3) is 4.98. The molecule has 4 atom stereocenters. The molecule has 10 heteroatoms. The van der Waals surface area contributed by atoms with Crippen molar-refractivity contribution in [3.63, 3.8) is 0 Å². The SMILES string of the molecule is [C-]#[N+]C[C@H]1CN(c2c(C#N)c(OC[C@@H]3CCCN3C)nc3c(F)c(-c4cccc5c4C4CC4C5)ccc23)CCN1C(=O)C(=C)F. The van der Waals surface area contributed by atoms with Gasteiger partial charge in [0.05, 0.1) is 5.69 Å². The van der Waals surface area contributed by atoms with E-state index in [1.165, 1.54) is 16.0 Å². The predicted molar refractivity (Wildman–Crippen MR) is 167 cm³/mol. The molecule has 2 unspecified atom stereocenters. The number of nitrogens with zero attached hydrogens (tertiary/aromatic N) is 6. The number of anilines is 1. The normalized spacial score (nSPS) is 23.8. The molecular formula is C35H34F2N6O2. The Kier molecular flexibility index (Phi) is 7.41. The van der Waals surface area contributed by atoms with E-state index < -0.39 is 23.6 Å². The van der Waals surface area contributed by atoms with E-state index in [9.17, 15) is 14.4 Å². The number of benzene rings is 2. The van der Waals surface area contributed by atoms with Crippen molar-refractivity contribution in [1.29, 1.82) is 5.26 Å². The van der Waals surface area contributed by atoms with Crippen LogP contribution in [0.15, 0.2) is 42.7 Å². The molecule has 3 heterocycles. The van der Waals surface area contributed by atoms with Crippen molar-refractivity contribution in [1.82, 2.24) is 14.8 Å². The highest BCUT2D eigenvalue weighted by Gasteiger charge is 2.46. The average molecular weight is 609 g/mol. The summed E-state index contributed by atoms with van der Waals surface area (Å²) in [6.07, 6.45) is 4.16. The standard InChI is InChI=1S/C35H34F2N6O2/c1-20(36)35(44)43-13-12-42(18-24(43)17-39-2)33-27-10-9-26(25-8-4-6-21-14-22-15-28(22)30(21)25)31(37)32(27)40-34(29(33)16-38)45-19-23-7-5-11-41(23)3/h4,6,8-10,22-24,28H,1,5,7,11-15,17-19H2,3H3/t22?,23-,24-,28?/m0/s1. The maximum atomic E-state index is 16.8.